The van der Waals surface area contributed by atoms with Crippen molar-refractivity contribution in [1.82, 2.24) is 13.9 Å². The third-order valence-corrected chi connectivity index (χ3v) is 5.59. The first-order chi connectivity index (χ1) is 10.7. The molecule has 23 heavy (non-hydrogen) atoms. The van der Waals surface area contributed by atoms with E-state index in [0.717, 1.165) is 6.42 Å². The van der Waals surface area contributed by atoms with Crippen LogP contribution in [0.3, 0.4) is 0 Å². The normalized spacial score (nSPS) is 21.1. The van der Waals surface area contributed by atoms with Crippen LogP contribution < -0.4 is 4.72 Å². The molecule has 0 aromatic rings. The van der Waals surface area contributed by atoms with Crippen molar-refractivity contribution in [2.75, 3.05) is 32.7 Å². The van der Waals surface area contributed by atoms with E-state index in [1.165, 1.54) is 17.1 Å². The maximum Gasteiger partial charge on any atom is 0.410 e. The molecule has 134 valence electrons. The van der Waals surface area contributed by atoms with E-state index in [4.69, 9.17) is 4.74 Å². The number of nitrogens with one attached hydrogen (secondary N) is 1. The second-order valence-corrected chi connectivity index (χ2v) is 9.11. The monoisotopic (exact) mass is 347 g/mol. The first kappa shape index (κ1) is 18.5. The number of ether oxygens (including phenoxy) is 1. The van der Waals surface area contributed by atoms with Crippen LogP contribution in [-0.4, -0.2) is 62.0 Å². The lowest BCUT2D eigenvalue weighted by molar-refractivity contribution is 0.0260. The first-order valence-electron chi connectivity index (χ1n) is 8.40. The summed E-state index contributed by atoms with van der Waals surface area (Å²) in [7, 11) is -3.45. The standard InChI is InChI=1S/C15H29N3O4S/c1-15(2,3)22-14(19)17-9-4-10-18(12-11-17)23(20,21)16-8-7-13-5-6-13/h13,16H,4-12H2,1-3H3. The van der Waals surface area contributed by atoms with E-state index in [-0.39, 0.29) is 6.09 Å². The Morgan fingerprint density at radius 3 is 2.48 bits per heavy atom. The number of hydrogen-bond acceptors (Lipinski definition) is 4. The highest BCUT2D eigenvalue weighted by Crippen LogP contribution is 2.31. The molecule has 0 atom stereocenters. The molecule has 2 aliphatic rings. The minimum absolute atomic E-state index is 0.304. The fraction of sp³-hybridized carbons (Fsp3) is 0.933. The molecule has 1 heterocycles. The zero-order valence-corrected chi connectivity index (χ0v) is 15.2. The van der Waals surface area contributed by atoms with Gasteiger partial charge in [-0.05, 0) is 39.5 Å². The molecular weight excluding hydrogens is 318 g/mol. The quantitative estimate of drug-likeness (QED) is 0.819. The van der Waals surface area contributed by atoms with Crippen molar-refractivity contribution in [1.29, 1.82) is 0 Å². The van der Waals surface area contributed by atoms with Crippen molar-refractivity contribution >= 4 is 16.3 Å². The Labute approximate surface area is 139 Å². The molecule has 1 saturated carbocycles. The molecule has 0 aromatic carbocycles. The Hall–Kier alpha value is -0.860. The van der Waals surface area contributed by atoms with Crippen LogP contribution in [0.5, 0.6) is 0 Å². The van der Waals surface area contributed by atoms with Crippen LogP contribution in [0.2, 0.25) is 0 Å². The molecule has 1 aliphatic heterocycles. The lowest BCUT2D eigenvalue weighted by Crippen LogP contribution is -2.44. The summed E-state index contributed by atoms with van der Waals surface area (Å²) in [6.45, 7) is 7.58. The van der Waals surface area contributed by atoms with Crippen molar-refractivity contribution in [2.45, 2.75) is 52.1 Å². The van der Waals surface area contributed by atoms with E-state index in [1.54, 1.807) is 4.90 Å². The molecule has 0 aromatic heterocycles. The van der Waals surface area contributed by atoms with Crippen molar-refractivity contribution in [3.8, 4) is 0 Å². The van der Waals surface area contributed by atoms with Crippen LogP contribution >= 0.6 is 0 Å². The van der Waals surface area contributed by atoms with E-state index in [2.05, 4.69) is 4.72 Å². The lowest BCUT2D eigenvalue weighted by Gasteiger charge is -2.26. The van der Waals surface area contributed by atoms with Gasteiger partial charge >= 0.3 is 6.09 Å². The summed E-state index contributed by atoms with van der Waals surface area (Å²) >= 11 is 0. The second-order valence-electron chi connectivity index (χ2n) is 7.35. The highest BCUT2D eigenvalue weighted by molar-refractivity contribution is 7.87. The van der Waals surface area contributed by atoms with E-state index in [0.29, 0.717) is 45.1 Å². The summed E-state index contributed by atoms with van der Waals surface area (Å²) in [4.78, 5) is 13.7. The molecule has 0 unspecified atom stereocenters. The molecule has 0 bridgehead atoms. The Kier molecular flexibility index (Phi) is 5.91. The lowest BCUT2D eigenvalue weighted by atomic mass is 10.2. The number of amides is 1. The predicted molar refractivity (Wildman–Crippen MR) is 88.3 cm³/mol. The van der Waals surface area contributed by atoms with Gasteiger partial charge < -0.3 is 9.64 Å². The molecule has 1 saturated heterocycles. The van der Waals surface area contributed by atoms with Crippen LogP contribution in [0.15, 0.2) is 0 Å². The Balaban J connectivity index is 1.83. The Morgan fingerprint density at radius 2 is 1.87 bits per heavy atom. The van der Waals surface area contributed by atoms with Crippen molar-refractivity contribution in [2.24, 2.45) is 5.92 Å². The SMILES string of the molecule is CC(C)(C)OC(=O)N1CCCN(S(=O)(=O)NCCC2CC2)CC1. The minimum Gasteiger partial charge on any atom is -0.444 e. The number of carbonyl (C=O) groups excluding carboxylic acids is 1. The summed E-state index contributed by atoms with van der Waals surface area (Å²) in [5, 5.41) is 0. The van der Waals surface area contributed by atoms with Crippen LogP contribution in [0, 0.1) is 5.92 Å². The van der Waals surface area contributed by atoms with Crippen molar-refractivity contribution in [3.63, 3.8) is 0 Å². The summed E-state index contributed by atoms with van der Waals surface area (Å²) in [5.74, 6) is 0.699. The van der Waals surface area contributed by atoms with Crippen molar-refractivity contribution in [3.05, 3.63) is 0 Å². The zero-order chi connectivity index (χ0) is 17.1. The molecule has 1 N–H and O–H groups in total. The van der Waals surface area contributed by atoms with Gasteiger partial charge in [0.2, 0.25) is 0 Å². The van der Waals surface area contributed by atoms with Gasteiger partial charge in [0, 0.05) is 32.7 Å². The van der Waals surface area contributed by atoms with Gasteiger partial charge in [-0.1, -0.05) is 12.8 Å². The number of nitrogens with zero attached hydrogens (tertiary/aromatic N) is 2. The molecule has 0 spiro atoms. The molecule has 0 radical (unpaired) electrons. The highest BCUT2D eigenvalue weighted by atomic mass is 32.2. The molecule has 1 amide bonds. The van der Waals surface area contributed by atoms with Gasteiger partial charge in [-0.15, -0.1) is 0 Å². The largest absolute Gasteiger partial charge is 0.444 e. The fourth-order valence-corrected chi connectivity index (χ4v) is 3.78. The topological polar surface area (TPSA) is 79.0 Å². The van der Waals surface area contributed by atoms with Gasteiger partial charge in [-0.2, -0.15) is 12.7 Å². The van der Waals surface area contributed by atoms with Gasteiger partial charge in [-0.3, -0.25) is 0 Å². The van der Waals surface area contributed by atoms with Crippen LogP contribution in [0.1, 0.15) is 46.5 Å². The third kappa shape index (κ3) is 6.27. The summed E-state index contributed by atoms with van der Waals surface area (Å²) in [5.41, 5.74) is -0.542. The van der Waals surface area contributed by atoms with Gasteiger partial charge in [0.25, 0.3) is 10.2 Å². The molecule has 2 rings (SSSR count). The highest BCUT2D eigenvalue weighted by Gasteiger charge is 2.29. The maximum atomic E-state index is 12.3. The minimum atomic E-state index is -3.45. The van der Waals surface area contributed by atoms with Gasteiger partial charge in [0.15, 0.2) is 0 Å². The number of hydrogen-bond donors (Lipinski definition) is 1. The van der Waals surface area contributed by atoms with Gasteiger partial charge in [0.05, 0.1) is 0 Å². The van der Waals surface area contributed by atoms with Crippen molar-refractivity contribution < 1.29 is 17.9 Å². The Bertz CT molecular complexity index is 511. The van der Waals surface area contributed by atoms with E-state index in [9.17, 15) is 13.2 Å². The number of rotatable bonds is 5. The number of carbonyl (C=O) groups is 1. The van der Waals surface area contributed by atoms with E-state index < -0.39 is 15.8 Å². The van der Waals surface area contributed by atoms with Gasteiger partial charge in [-0.25, -0.2) is 9.52 Å². The smallest absolute Gasteiger partial charge is 0.410 e. The van der Waals surface area contributed by atoms with E-state index >= 15 is 0 Å². The molecule has 1 aliphatic carbocycles. The molecule has 2 fully saturated rings. The van der Waals surface area contributed by atoms with Crippen LogP contribution in [0.4, 0.5) is 4.79 Å². The second kappa shape index (κ2) is 7.36. The van der Waals surface area contributed by atoms with Crippen LogP contribution in [0.25, 0.3) is 0 Å². The molecular formula is C15H29N3O4S. The zero-order valence-electron chi connectivity index (χ0n) is 14.4. The van der Waals surface area contributed by atoms with Crippen LogP contribution in [-0.2, 0) is 14.9 Å². The average molecular weight is 347 g/mol. The third-order valence-electron chi connectivity index (χ3n) is 3.98. The fourth-order valence-electron chi connectivity index (χ4n) is 2.53. The Morgan fingerprint density at radius 1 is 1.17 bits per heavy atom. The first-order valence-corrected chi connectivity index (χ1v) is 9.84. The van der Waals surface area contributed by atoms with Gasteiger partial charge in [0.1, 0.15) is 5.60 Å². The van der Waals surface area contributed by atoms with E-state index in [1.807, 2.05) is 20.8 Å². The average Bonchev–Trinajstić information content (AvgIpc) is 3.22. The molecule has 8 heteroatoms. The summed E-state index contributed by atoms with van der Waals surface area (Å²) < 4.78 is 34.1. The molecule has 7 nitrogen and oxygen atoms in total. The predicted octanol–water partition coefficient (Wildman–Crippen LogP) is 1.56. The summed E-state index contributed by atoms with van der Waals surface area (Å²) in [6.07, 6.45) is 3.59. The summed E-state index contributed by atoms with van der Waals surface area (Å²) in [6, 6.07) is 0. The maximum absolute atomic E-state index is 12.3.